The van der Waals surface area contributed by atoms with Gasteiger partial charge in [-0.05, 0) is 44.2 Å². The molecule has 0 unspecified atom stereocenters. The summed E-state index contributed by atoms with van der Waals surface area (Å²) in [4.78, 5) is 14.7. The highest BCUT2D eigenvalue weighted by Gasteiger charge is 2.38. The van der Waals surface area contributed by atoms with Crippen molar-refractivity contribution in [1.82, 2.24) is 4.90 Å². The molecule has 2 nitrogen and oxygen atoms in total. The summed E-state index contributed by atoms with van der Waals surface area (Å²) in [6.07, 6.45) is 5.51. The highest BCUT2D eigenvalue weighted by Crippen LogP contribution is 2.36. The third kappa shape index (κ3) is 1.96. The van der Waals surface area contributed by atoms with E-state index < -0.39 is 0 Å². The van der Waals surface area contributed by atoms with Crippen molar-refractivity contribution in [3.05, 3.63) is 48.0 Å². The molecule has 1 aromatic carbocycles. The molecule has 2 fully saturated rings. The summed E-state index contributed by atoms with van der Waals surface area (Å²) in [5, 5.41) is 0. The summed E-state index contributed by atoms with van der Waals surface area (Å²) in [6, 6.07) is 10.4. The predicted octanol–water partition coefficient (Wildman–Crippen LogP) is 3.40. The van der Waals surface area contributed by atoms with Gasteiger partial charge in [0.05, 0.1) is 0 Å². The lowest BCUT2D eigenvalue weighted by atomic mass is 9.82. The molecule has 2 heterocycles. The Balaban J connectivity index is 1.87. The molecule has 1 aromatic rings. The zero-order valence-electron chi connectivity index (χ0n) is 10.6. The molecule has 0 saturated carbocycles. The van der Waals surface area contributed by atoms with Crippen molar-refractivity contribution in [2.45, 2.75) is 44.2 Å². The molecule has 18 heavy (non-hydrogen) atoms. The smallest absolute Gasteiger partial charge is 0.254 e. The fourth-order valence-corrected chi connectivity index (χ4v) is 3.38. The second-order valence-electron chi connectivity index (χ2n) is 5.48. The third-order valence-electron chi connectivity index (χ3n) is 4.17. The molecule has 3 rings (SSSR count). The van der Waals surface area contributed by atoms with Gasteiger partial charge in [-0.2, -0.15) is 0 Å². The summed E-state index contributed by atoms with van der Waals surface area (Å²) < 4.78 is 0. The summed E-state index contributed by atoms with van der Waals surface area (Å²) in [5.41, 5.74) is 2.14. The highest BCUT2D eigenvalue weighted by atomic mass is 16.2. The molecule has 2 aliphatic heterocycles. The SMILES string of the molecule is C=C1C[C@H]2CCC[C@@H](C1)N2C(=O)c1ccccc1. The van der Waals surface area contributed by atoms with Crippen molar-refractivity contribution >= 4 is 5.91 Å². The number of hydrogen-bond acceptors (Lipinski definition) is 1. The zero-order chi connectivity index (χ0) is 12.5. The van der Waals surface area contributed by atoms with Crippen LogP contribution in [0.5, 0.6) is 0 Å². The van der Waals surface area contributed by atoms with Crippen molar-refractivity contribution in [3.63, 3.8) is 0 Å². The number of nitrogens with zero attached hydrogens (tertiary/aromatic N) is 1. The minimum Gasteiger partial charge on any atom is -0.332 e. The van der Waals surface area contributed by atoms with Gasteiger partial charge in [0.2, 0.25) is 0 Å². The van der Waals surface area contributed by atoms with E-state index in [1.165, 1.54) is 12.0 Å². The van der Waals surface area contributed by atoms with Gasteiger partial charge in [0.25, 0.3) is 5.91 Å². The third-order valence-corrected chi connectivity index (χ3v) is 4.17. The molecule has 2 atom stereocenters. The van der Waals surface area contributed by atoms with Gasteiger partial charge in [-0.3, -0.25) is 4.79 Å². The van der Waals surface area contributed by atoms with Crippen LogP contribution in [-0.2, 0) is 0 Å². The molecule has 2 bridgehead atoms. The molecule has 2 saturated heterocycles. The first-order valence-corrected chi connectivity index (χ1v) is 6.80. The van der Waals surface area contributed by atoms with Gasteiger partial charge >= 0.3 is 0 Å². The van der Waals surface area contributed by atoms with Crippen molar-refractivity contribution in [1.29, 1.82) is 0 Å². The maximum absolute atomic E-state index is 12.6. The van der Waals surface area contributed by atoms with Crippen LogP contribution in [0, 0.1) is 0 Å². The van der Waals surface area contributed by atoms with Gasteiger partial charge in [0.1, 0.15) is 0 Å². The topological polar surface area (TPSA) is 20.3 Å². The normalized spacial score (nSPS) is 27.1. The molecule has 1 amide bonds. The fraction of sp³-hybridized carbons (Fsp3) is 0.438. The van der Waals surface area contributed by atoms with Crippen LogP contribution in [0.4, 0.5) is 0 Å². The molecule has 0 radical (unpaired) electrons. The van der Waals surface area contributed by atoms with E-state index in [4.69, 9.17) is 0 Å². The van der Waals surface area contributed by atoms with E-state index in [-0.39, 0.29) is 5.91 Å². The van der Waals surface area contributed by atoms with Gasteiger partial charge in [0.15, 0.2) is 0 Å². The maximum atomic E-state index is 12.6. The summed E-state index contributed by atoms with van der Waals surface area (Å²) in [7, 11) is 0. The van der Waals surface area contributed by atoms with Crippen LogP contribution in [0.25, 0.3) is 0 Å². The number of rotatable bonds is 1. The first-order chi connectivity index (χ1) is 8.75. The summed E-state index contributed by atoms with van der Waals surface area (Å²) >= 11 is 0. The Morgan fingerprint density at radius 1 is 1.11 bits per heavy atom. The number of benzene rings is 1. The van der Waals surface area contributed by atoms with E-state index in [1.807, 2.05) is 30.3 Å². The largest absolute Gasteiger partial charge is 0.332 e. The minimum absolute atomic E-state index is 0.206. The second-order valence-corrected chi connectivity index (χ2v) is 5.48. The summed E-state index contributed by atoms with van der Waals surface area (Å²) in [5.74, 6) is 0.206. The molecule has 0 N–H and O–H groups in total. The first kappa shape index (κ1) is 11.5. The van der Waals surface area contributed by atoms with Gasteiger partial charge in [0, 0.05) is 17.6 Å². The quantitative estimate of drug-likeness (QED) is 0.690. The van der Waals surface area contributed by atoms with Crippen LogP contribution in [-0.4, -0.2) is 22.9 Å². The molecule has 2 heteroatoms. The van der Waals surface area contributed by atoms with E-state index in [1.54, 1.807) is 0 Å². The maximum Gasteiger partial charge on any atom is 0.254 e. The van der Waals surface area contributed by atoms with Crippen LogP contribution in [0.1, 0.15) is 42.5 Å². The molecule has 94 valence electrons. The average Bonchev–Trinajstić information content (AvgIpc) is 2.38. The van der Waals surface area contributed by atoms with Gasteiger partial charge in [-0.15, -0.1) is 0 Å². The average molecular weight is 241 g/mol. The van der Waals surface area contributed by atoms with Crippen LogP contribution in [0.15, 0.2) is 42.5 Å². The van der Waals surface area contributed by atoms with Crippen LogP contribution in [0.3, 0.4) is 0 Å². The number of amides is 1. The van der Waals surface area contributed by atoms with E-state index in [0.717, 1.165) is 31.2 Å². The Morgan fingerprint density at radius 2 is 1.72 bits per heavy atom. The number of hydrogen-bond donors (Lipinski definition) is 0. The van der Waals surface area contributed by atoms with Crippen molar-refractivity contribution < 1.29 is 4.79 Å². The second kappa shape index (κ2) is 4.60. The first-order valence-electron chi connectivity index (χ1n) is 6.80. The number of carbonyl (C=O) groups is 1. The zero-order valence-corrected chi connectivity index (χ0v) is 10.6. The molecule has 0 aromatic heterocycles. The molecular weight excluding hydrogens is 222 g/mol. The van der Waals surface area contributed by atoms with Crippen molar-refractivity contribution in [2.75, 3.05) is 0 Å². The Bertz CT molecular complexity index is 449. The molecule has 2 aliphatic rings. The summed E-state index contributed by atoms with van der Waals surface area (Å²) in [6.45, 7) is 4.13. The van der Waals surface area contributed by atoms with E-state index in [2.05, 4.69) is 11.5 Å². The molecular formula is C16H19NO. The van der Waals surface area contributed by atoms with E-state index in [0.29, 0.717) is 12.1 Å². The van der Waals surface area contributed by atoms with E-state index in [9.17, 15) is 4.79 Å². The van der Waals surface area contributed by atoms with Gasteiger partial charge in [-0.25, -0.2) is 0 Å². The Labute approximate surface area is 108 Å². The minimum atomic E-state index is 0.206. The highest BCUT2D eigenvalue weighted by molar-refractivity contribution is 5.94. The van der Waals surface area contributed by atoms with Gasteiger partial charge in [-0.1, -0.05) is 30.4 Å². The Kier molecular flexibility index (Phi) is 2.94. The number of fused-ring (bicyclic) bond motifs is 2. The van der Waals surface area contributed by atoms with Crippen LogP contribution in [0.2, 0.25) is 0 Å². The van der Waals surface area contributed by atoms with Crippen LogP contribution < -0.4 is 0 Å². The van der Waals surface area contributed by atoms with Crippen molar-refractivity contribution in [2.24, 2.45) is 0 Å². The lowest BCUT2D eigenvalue weighted by Gasteiger charge is -2.47. The van der Waals surface area contributed by atoms with Crippen LogP contribution >= 0.6 is 0 Å². The van der Waals surface area contributed by atoms with Gasteiger partial charge < -0.3 is 4.90 Å². The van der Waals surface area contributed by atoms with E-state index >= 15 is 0 Å². The number of carbonyl (C=O) groups excluding carboxylic acids is 1. The monoisotopic (exact) mass is 241 g/mol. The lowest BCUT2D eigenvalue weighted by Crippen LogP contribution is -2.53. The molecule has 0 spiro atoms. The Morgan fingerprint density at radius 3 is 2.33 bits per heavy atom. The predicted molar refractivity (Wildman–Crippen MR) is 72.4 cm³/mol. The number of piperidine rings is 2. The lowest BCUT2D eigenvalue weighted by molar-refractivity contribution is 0.0376. The molecule has 0 aliphatic carbocycles. The fourth-order valence-electron chi connectivity index (χ4n) is 3.38. The standard InChI is InChI=1S/C16H19NO/c1-12-10-14-8-5-9-15(11-12)17(14)16(18)13-6-3-2-4-7-13/h2-4,6-7,14-15H,1,5,8-11H2/t14-,15+. The van der Waals surface area contributed by atoms with Crippen molar-refractivity contribution in [3.8, 4) is 0 Å². The Hall–Kier alpha value is -1.57.